The summed E-state index contributed by atoms with van der Waals surface area (Å²) in [6.07, 6.45) is -1.13. The Morgan fingerprint density at radius 1 is 0.759 bits per heavy atom. The summed E-state index contributed by atoms with van der Waals surface area (Å²) in [5, 5.41) is 28.7. The van der Waals surface area contributed by atoms with Crippen LogP contribution in [0.1, 0.15) is 41.6 Å². The Bertz CT molecular complexity index is 2410. The maximum Gasteiger partial charge on any atom is 0.319 e. The Labute approximate surface area is 341 Å². The van der Waals surface area contributed by atoms with Crippen molar-refractivity contribution >= 4 is 23.5 Å². The Kier molecular flexibility index (Phi) is 12.2. The maximum absolute atomic E-state index is 12.8. The van der Waals surface area contributed by atoms with Crippen molar-refractivity contribution in [3.63, 3.8) is 0 Å². The number of rotatable bonds is 13. The lowest BCUT2D eigenvalue weighted by atomic mass is 9.91. The van der Waals surface area contributed by atoms with Crippen molar-refractivity contribution in [2.75, 3.05) is 11.1 Å². The zero-order chi connectivity index (χ0) is 39.7. The zero-order valence-corrected chi connectivity index (χ0v) is 32.5. The molecule has 4 atom stereocenters. The standard InChI is InChI=1S/C46H42N6O5S/c1-31-42(30-58-46-49-50-51-52(46)39-14-4-2-5-15-39)56-44(57-43(31)34-20-18-32(29-53)19-21-34)37-13-9-12-36(27-37)35-11-8-10-33(26-35)28-47-45(54)48-38-22-24-41(25-23-38)55-40-16-6-3-7-17-40/h2-27,31,42-44,53H,28-30H2,1H3,(H2,47,48,54). The van der Waals surface area contributed by atoms with E-state index in [-0.39, 0.29) is 30.8 Å². The van der Waals surface area contributed by atoms with Crippen molar-refractivity contribution in [3.05, 3.63) is 180 Å². The van der Waals surface area contributed by atoms with Gasteiger partial charge in [0, 0.05) is 29.5 Å². The molecule has 1 aliphatic heterocycles. The van der Waals surface area contributed by atoms with E-state index < -0.39 is 6.29 Å². The van der Waals surface area contributed by atoms with Crippen LogP contribution in [0.2, 0.25) is 0 Å². The number of thioether (sulfide) groups is 1. The van der Waals surface area contributed by atoms with Gasteiger partial charge in [-0.05, 0) is 98.9 Å². The molecule has 0 spiro atoms. The van der Waals surface area contributed by atoms with E-state index in [1.165, 1.54) is 0 Å². The number of para-hydroxylation sites is 2. The number of carbonyl (C=O) groups is 1. The number of ether oxygens (including phenoxy) is 3. The van der Waals surface area contributed by atoms with E-state index in [0.717, 1.165) is 44.8 Å². The van der Waals surface area contributed by atoms with Crippen LogP contribution in [0.4, 0.5) is 10.5 Å². The molecule has 2 heterocycles. The van der Waals surface area contributed by atoms with Crippen LogP contribution in [0.5, 0.6) is 11.5 Å². The van der Waals surface area contributed by atoms with E-state index in [9.17, 15) is 9.90 Å². The van der Waals surface area contributed by atoms with Gasteiger partial charge in [-0.3, -0.25) is 0 Å². The Balaban J connectivity index is 0.948. The lowest BCUT2D eigenvalue weighted by Gasteiger charge is -2.41. The maximum atomic E-state index is 12.8. The fourth-order valence-electron chi connectivity index (χ4n) is 6.78. The minimum atomic E-state index is -0.651. The quantitative estimate of drug-likeness (QED) is 0.0978. The van der Waals surface area contributed by atoms with Crippen molar-refractivity contribution < 1.29 is 24.1 Å². The first kappa shape index (κ1) is 38.6. The highest BCUT2D eigenvalue weighted by atomic mass is 32.2. The number of urea groups is 1. The van der Waals surface area contributed by atoms with E-state index in [1.807, 2.05) is 127 Å². The molecule has 2 amide bonds. The number of aromatic nitrogens is 4. The molecule has 8 rings (SSSR count). The van der Waals surface area contributed by atoms with Crippen molar-refractivity contribution in [1.82, 2.24) is 25.5 Å². The van der Waals surface area contributed by atoms with Gasteiger partial charge in [-0.25, -0.2) is 4.79 Å². The van der Waals surface area contributed by atoms with E-state index >= 15 is 0 Å². The van der Waals surface area contributed by atoms with E-state index in [0.29, 0.717) is 28.9 Å². The largest absolute Gasteiger partial charge is 0.457 e. The zero-order valence-electron chi connectivity index (χ0n) is 31.7. The van der Waals surface area contributed by atoms with Crippen molar-refractivity contribution in [1.29, 1.82) is 0 Å². The summed E-state index contributed by atoms with van der Waals surface area (Å²) in [5.41, 5.74) is 7.20. The lowest BCUT2D eigenvalue weighted by molar-refractivity contribution is -0.268. The van der Waals surface area contributed by atoms with Gasteiger partial charge in [0.2, 0.25) is 5.16 Å². The monoisotopic (exact) mass is 790 g/mol. The predicted molar refractivity (Wildman–Crippen MR) is 224 cm³/mol. The summed E-state index contributed by atoms with van der Waals surface area (Å²) in [6.45, 7) is 2.45. The van der Waals surface area contributed by atoms with E-state index in [4.69, 9.17) is 14.2 Å². The van der Waals surface area contributed by atoms with Crippen LogP contribution in [0, 0.1) is 5.92 Å². The molecule has 1 aromatic heterocycles. The second-order valence-electron chi connectivity index (χ2n) is 13.9. The van der Waals surface area contributed by atoms with Crippen LogP contribution in [-0.4, -0.2) is 43.2 Å². The molecule has 11 nitrogen and oxygen atoms in total. The third-order valence-corrected chi connectivity index (χ3v) is 10.9. The Morgan fingerprint density at radius 3 is 2.22 bits per heavy atom. The van der Waals surface area contributed by atoms with Gasteiger partial charge in [-0.2, -0.15) is 4.68 Å². The Morgan fingerprint density at radius 2 is 1.47 bits per heavy atom. The first-order chi connectivity index (χ1) is 28.5. The molecule has 292 valence electrons. The van der Waals surface area contributed by atoms with Gasteiger partial charge in [0.15, 0.2) is 6.29 Å². The number of tetrazole rings is 1. The number of aliphatic hydroxyl groups excluding tert-OH is 1. The fraction of sp³-hybridized carbons (Fsp3) is 0.174. The van der Waals surface area contributed by atoms with Gasteiger partial charge in [0.05, 0.1) is 24.5 Å². The molecule has 1 aliphatic rings. The molecule has 3 N–H and O–H groups in total. The van der Waals surface area contributed by atoms with Gasteiger partial charge < -0.3 is 30.0 Å². The van der Waals surface area contributed by atoms with Gasteiger partial charge >= 0.3 is 6.03 Å². The third-order valence-electron chi connectivity index (χ3n) is 9.91. The fourth-order valence-corrected chi connectivity index (χ4v) is 7.83. The summed E-state index contributed by atoms with van der Waals surface area (Å²) < 4.78 is 21.1. The van der Waals surface area contributed by atoms with Crippen LogP contribution in [0.15, 0.2) is 163 Å². The first-order valence-electron chi connectivity index (χ1n) is 19.0. The molecule has 1 saturated heterocycles. The number of hydrogen-bond donors (Lipinski definition) is 3. The van der Waals surface area contributed by atoms with Gasteiger partial charge in [-0.15, -0.1) is 5.10 Å². The van der Waals surface area contributed by atoms with Crippen molar-refractivity contribution in [2.45, 2.75) is 43.7 Å². The average Bonchev–Trinajstić information content (AvgIpc) is 3.76. The summed E-state index contributed by atoms with van der Waals surface area (Å²) in [7, 11) is 0. The number of aliphatic hydroxyl groups is 1. The molecule has 4 unspecified atom stereocenters. The molecule has 0 bridgehead atoms. The Hall–Kier alpha value is -6.31. The predicted octanol–water partition coefficient (Wildman–Crippen LogP) is 9.52. The number of amides is 2. The average molecular weight is 791 g/mol. The minimum absolute atomic E-state index is 0.0117. The van der Waals surface area contributed by atoms with Crippen molar-refractivity contribution in [2.24, 2.45) is 5.92 Å². The smallest absolute Gasteiger partial charge is 0.319 e. The number of anilines is 1. The molecule has 6 aromatic carbocycles. The van der Waals surface area contributed by atoms with Crippen LogP contribution < -0.4 is 15.4 Å². The summed E-state index contributed by atoms with van der Waals surface area (Å²) in [4.78, 5) is 12.8. The van der Waals surface area contributed by atoms with Crippen LogP contribution >= 0.6 is 11.8 Å². The first-order valence-corrected chi connectivity index (χ1v) is 20.0. The normalized spacial score (nSPS) is 17.7. The SMILES string of the molecule is CC1C(CSc2nnnn2-c2ccccc2)OC(c2cccc(-c3cccc(CNC(=O)Nc4ccc(Oc5ccccc5)cc4)c3)c2)OC1c1ccc(CO)cc1. The lowest BCUT2D eigenvalue weighted by Crippen LogP contribution is -2.38. The molecule has 0 saturated carbocycles. The number of benzene rings is 6. The topological polar surface area (TPSA) is 133 Å². The van der Waals surface area contributed by atoms with E-state index in [2.05, 4.69) is 51.3 Å². The molecule has 0 aliphatic carbocycles. The molecule has 7 aromatic rings. The number of carbonyl (C=O) groups excluding carboxylic acids is 1. The van der Waals surface area contributed by atoms with E-state index in [1.54, 1.807) is 28.6 Å². The van der Waals surface area contributed by atoms with Crippen LogP contribution in [0.3, 0.4) is 0 Å². The number of nitrogens with one attached hydrogen (secondary N) is 2. The summed E-state index contributed by atoms with van der Waals surface area (Å²) in [6, 6.07) is 50.5. The molecular formula is C46H42N6O5S. The van der Waals surface area contributed by atoms with Gasteiger partial charge in [0.25, 0.3) is 0 Å². The van der Waals surface area contributed by atoms with Gasteiger partial charge in [-0.1, -0.05) is 116 Å². The number of nitrogens with zero attached hydrogens (tertiary/aromatic N) is 4. The van der Waals surface area contributed by atoms with Crippen LogP contribution in [0.25, 0.3) is 16.8 Å². The highest BCUT2D eigenvalue weighted by Gasteiger charge is 2.38. The summed E-state index contributed by atoms with van der Waals surface area (Å²) in [5.74, 6) is 2.01. The highest BCUT2D eigenvalue weighted by Crippen LogP contribution is 2.43. The second kappa shape index (κ2) is 18.3. The highest BCUT2D eigenvalue weighted by molar-refractivity contribution is 7.99. The molecule has 12 heteroatoms. The van der Waals surface area contributed by atoms with Crippen LogP contribution in [-0.2, 0) is 22.6 Å². The molecule has 0 radical (unpaired) electrons. The summed E-state index contributed by atoms with van der Waals surface area (Å²) >= 11 is 1.54. The van der Waals surface area contributed by atoms with Gasteiger partial charge in [0.1, 0.15) is 11.5 Å². The van der Waals surface area contributed by atoms with Crippen molar-refractivity contribution in [3.8, 4) is 28.3 Å². The second-order valence-corrected chi connectivity index (χ2v) is 14.9. The number of hydrogen-bond acceptors (Lipinski definition) is 9. The third kappa shape index (κ3) is 9.44. The molecule has 58 heavy (non-hydrogen) atoms. The minimum Gasteiger partial charge on any atom is -0.457 e. The molecule has 1 fully saturated rings. The molecular weight excluding hydrogens is 749 g/mol.